The van der Waals surface area contributed by atoms with Crippen molar-refractivity contribution in [3.63, 3.8) is 0 Å². The molecule has 0 radical (unpaired) electrons. The molecule has 2 N–H and O–H groups in total. The van der Waals surface area contributed by atoms with E-state index < -0.39 is 0 Å². The Balaban J connectivity index is 0.000000225. The Morgan fingerprint density at radius 2 is 1.67 bits per heavy atom. The summed E-state index contributed by atoms with van der Waals surface area (Å²) in [5, 5.41) is 0. The largest absolute Gasteiger partial charge is 0.338 e. The van der Waals surface area contributed by atoms with E-state index in [-0.39, 0.29) is 11.9 Å². The van der Waals surface area contributed by atoms with Gasteiger partial charge in [0.15, 0.2) is 0 Å². The third kappa shape index (κ3) is 4.49. The summed E-state index contributed by atoms with van der Waals surface area (Å²) in [6, 6.07) is 12.1. The van der Waals surface area contributed by atoms with Crippen LogP contribution in [-0.2, 0) is 4.79 Å². The average molecular weight is 248 g/mol. The van der Waals surface area contributed by atoms with E-state index in [1.54, 1.807) is 0 Å². The maximum absolute atomic E-state index is 11.5. The van der Waals surface area contributed by atoms with Crippen LogP contribution in [0.5, 0.6) is 0 Å². The minimum atomic E-state index is -0.251. The molecule has 100 valence electrons. The van der Waals surface area contributed by atoms with Gasteiger partial charge in [0.1, 0.15) is 0 Å². The van der Waals surface area contributed by atoms with Gasteiger partial charge in [0.05, 0.1) is 6.04 Å². The number of carbonyl (C=O) groups excluding carboxylic acids is 1. The van der Waals surface area contributed by atoms with Crippen LogP contribution in [0.3, 0.4) is 0 Å². The highest BCUT2D eigenvalue weighted by atomic mass is 16.2. The first-order valence-electron chi connectivity index (χ1n) is 6.58. The Kier molecular flexibility index (Phi) is 5.86. The lowest BCUT2D eigenvalue weighted by molar-refractivity contribution is -0.130. The molecular weight excluding hydrogens is 224 g/mol. The van der Waals surface area contributed by atoms with E-state index in [0.29, 0.717) is 12.0 Å². The van der Waals surface area contributed by atoms with Gasteiger partial charge in [-0.05, 0) is 19.3 Å². The first-order valence-corrected chi connectivity index (χ1v) is 6.58. The van der Waals surface area contributed by atoms with Gasteiger partial charge < -0.3 is 10.6 Å². The molecule has 1 aromatic carbocycles. The number of carbonyl (C=O) groups is 1. The molecule has 1 aliphatic heterocycles. The van der Waals surface area contributed by atoms with Crippen LogP contribution in [0, 0.1) is 5.92 Å². The Morgan fingerprint density at radius 1 is 1.22 bits per heavy atom. The van der Waals surface area contributed by atoms with Crippen LogP contribution in [-0.4, -0.2) is 29.4 Å². The van der Waals surface area contributed by atoms with Gasteiger partial charge in [0.2, 0.25) is 5.91 Å². The number of amides is 1. The van der Waals surface area contributed by atoms with E-state index in [4.69, 9.17) is 5.73 Å². The predicted molar refractivity (Wildman–Crippen MR) is 75.0 cm³/mol. The summed E-state index contributed by atoms with van der Waals surface area (Å²) >= 11 is 0. The Labute approximate surface area is 110 Å². The summed E-state index contributed by atoms with van der Waals surface area (Å²) in [4.78, 5) is 13.4. The van der Waals surface area contributed by atoms with Crippen molar-refractivity contribution in [2.45, 2.75) is 39.3 Å². The van der Waals surface area contributed by atoms with Crippen molar-refractivity contribution in [2.24, 2.45) is 11.7 Å². The summed E-state index contributed by atoms with van der Waals surface area (Å²) in [7, 11) is 0. The molecule has 1 amide bonds. The highest BCUT2D eigenvalue weighted by Crippen LogP contribution is 2.18. The fourth-order valence-electron chi connectivity index (χ4n) is 2.07. The van der Waals surface area contributed by atoms with Crippen molar-refractivity contribution < 1.29 is 4.79 Å². The fourth-order valence-corrected chi connectivity index (χ4v) is 2.07. The molecule has 1 saturated heterocycles. The van der Waals surface area contributed by atoms with Crippen molar-refractivity contribution >= 4 is 5.91 Å². The molecule has 0 bridgehead atoms. The Bertz CT molecular complexity index is 324. The number of nitrogens with zero attached hydrogens (tertiary/aromatic N) is 1. The third-order valence-electron chi connectivity index (χ3n) is 2.96. The summed E-state index contributed by atoms with van der Waals surface area (Å²) < 4.78 is 0. The van der Waals surface area contributed by atoms with Crippen LogP contribution < -0.4 is 5.73 Å². The quantitative estimate of drug-likeness (QED) is 0.872. The van der Waals surface area contributed by atoms with E-state index in [1.165, 1.54) is 0 Å². The van der Waals surface area contributed by atoms with Crippen LogP contribution in [0.15, 0.2) is 36.4 Å². The summed E-state index contributed by atoms with van der Waals surface area (Å²) in [5.41, 5.74) is 5.64. The topological polar surface area (TPSA) is 46.3 Å². The van der Waals surface area contributed by atoms with Crippen LogP contribution in [0.25, 0.3) is 0 Å². The lowest BCUT2D eigenvalue weighted by atomic mass is 10.2. The first kappa shape index (κ1) is 14.7. The van der Waals surface area contributed by atoms with E-state index in [9.17, 15) is 4.79 Å². The smallest absolute Gasteiger partial charge is 0.239 e. The van der Waals surface area contributed by atoms with Crippen LogP contribution in [0.2, 0.25) is 0 Å². The molecule has 2 rings (SSSR count). The van der Waals surface area contributed by atoms with E-state index in [2.05, 4.69) is 20.8 Å². The van der Waals surface area contributed by atoms with Gasteiger partial charge in [0, 0.05) is 12.6 Å². The molecule has 3 nitrogen and oxygen atoms in total. The second-order valence-corrected chi connectivity index (χ2v) is 5.23. The number of rotatable bonds is 2. The van der Waals surface area contributed by atoms with Crippen LogP contribution >= 0.6 is 0 Å². The van der Waals surface area contributed by atoms with Crippen molar-refractivity contribution in [1.29, 1.82) is 0 Å². The zero-order valence-corrected chi connectivity index (χ0v) is 11.5. The number of hydrogen-bond donors (Lipinski definition) is 1. The maximum Gasteiger partial charge on any atom is 0.239 e. The molecule has 2 atom stereocenters. The average Bonchev–Trinajstić information content (AvgIpc) is 2.59. The SMILES string of the molecule is CC(C)CN1C(=O)[C@@H](N)CC1C.c1ccccc1. The molecule has 18 heavy (non-hydrogen) atoms. The van der Waals surface area contributed by atoms with Gasteiger partial charge in [-0.1, -0.05) is 50.2 Å². The zero-order valence-electron chi connectivity index (χ0n) is 11.5. The lowest BCUT2D eigenvalue weighted by Crippen LogP contribution is -2.38. The van der Waals surface area contributed by atoms with Crippen LogP contribution in [0.1, 0.15) is 27.2 Å². The van der Waals surface area contributed by atoms with Gasteiger partial charge in [-0.15, -0.1) is 0 Å². The van der Waals surface area contributed by atoms with Gasteiger partial charge in [-0.3, -0.25) is 4.79 Å². The second-order valence-electron chi connectivity index (χ2n) is 5.23. The number of hydrogen-bond acceptors (Lipinski definition) is 2. The molecule has 0 aliphatic carbocycles. The molecule has 0 saturated carbocycles. The highest BCUT2D eigenvalue weighted by Gasteiger charge is 2.34. The number of benzene rings is 1. The van der Waals surface area contributed by atoms with Gasteiger partial charge in [0.25, 0.3) is 0 Å². The van der Waals surface area contributed by atoms with Gasteiger partial charge in [-0.2, -0.15) is 0 Å². The monoisotopic (exact) mass is 248 g/mol. The zero-order chi connectivity index (χ0) is 13.5. The highest BCUT2D eigenvalue weighted by molar-refractivity contribution is 5.84. The molecule has 1 unspecified atom stereocenters. The summed E-state index contributed by atoms with van der Waals surface area (Å²) in [6.45, 7) is 7.13. The Morgan fingerprint density at radius 3 is 1.94 bits per heavy atom. The van der Waals surface area contributed by atoms with E-state index >= 15 is 0 Å². The molecule has 0 spiro atoms. The van der Waals surface area contributed by atoms with Crippen molar-refractivity contribution in [2.75, 3.05) is 6.54 Å². The first-order chi connectivity index (χ1) is 8.52. The van der Waals surface area contributed by atoms with Gasteiger partial charge >= 0.3 is 0 Å². The molecular formula is C15H24N2O. The van der Waals surface area contributed by atoms with E-state index in [0.717, 1.165) is 13.0 Å². The third-order valence-corrected chi connectivity index (χ3v) is 2.96. The van der Waals surface area contributed by atoms with Crippen LogP contribution in [0.4, 0.5) is 0 Å². The maximum atomic E-state index is 11.5. The van der Waals surface area contributed by atoms with E-state index in [1.807, 2.05) is 41.3 Å². The molecule has 0 aromatic heterocycles. The molecule has 1 aliphatic rings. The lowest BCUT2D eigenvalue weighted by Gasteiger charge is -2.23. The summed E-state index contributed by atoms with van der Waals surface area (Å²) in [6.07, 6.45) is 0.811. The Hall–Kier alpha value is -1.35. The number of likely N-dealkylation sites (tertiary alicyclic amines) is 1. The van der Waals surface area contributed by atoms with Gasteiger partial charge in [-0.25, -0.2) is 0 Å². The standard InChI is InChI=1S/C9H18N2O.C6H6/c1-6(2)5-11-7(3)4-8(10)9(11)12;1-2-4-6-5-3-1/h6-8H,4-5,10H2,1-3H3;1-6H/t7?,8-;/m0./s1. The van der Waals surface area contributed by atoms with Crippen molar-refractivity contribution in [1.82, 2.24) is 4.90 Å². The normalized spacial score (nSPS) is 22.9. The molecule has 1 fully saturated rings. The predicted octanol–water partition coefficient (Wildman–Crippen LogP) is 2.28. The van der Waals surface area contributed by atoms with Crippen molar-refractivity contribution in [3.8, 4) is 0 Å². The minimum Gasteiger partial charge on any atom is -0.338 e. The minimum absolute atomic E-state index is 0.121. The summed E-state index contributed by atoms with van der Waals surface area (Å²) in [5.74, 6) is 0.651. The molecule has 3 heteroatoms. The molecule has 1 heterocycles. The fraction of sp³-hybridized carbons (Fsp3) is 0.533. The molecule has 1 aromatic rings. The number of nitrogens with two attached hydrogens (primary N) is 1. The second kappa shape index (κ2) is 7.17. The van der Waals surface area contributed by atoms with Crippen molar-refractivity contribution in [3.05, 3.63) is 36.4 Å².